The van der Waals surface area contributed by atoms with Crippen molar-refractivity contribution in [3.05, 3.63) is 24.3 Å². The number of piperazine rings is 1. The lowest BCUT2D eigenvalue weighted by Gasteiger charge is -2.37. The Hall–Kier alpha value is -1.72. The van der Waals surface area contributed by atoms with E-state index in [1.807, 2.05) is 11.9 Å². The van der Waals surface area contributed by atoms with Crippen LogP contribution in [0.1, 0.15) is 19.3 Å². The lowest BCUT2D eigenvalue weighted by Crippen LogP contribution is -2.52. The standard InChI is InChI=1S/C20H31N3O6S/c1-22-9-11-23(12-10-22)20(25)13-15-7-8-16(18(14-24)29-15)21-30(26,27)19-6-4-3-5-17(19)28-2/h3-6,15-16,18,21,24H,7-14H2,1-2H3/t15-,16-,18-/m1/s1. The van der Waals surface area contributed by atoms with E-state index in [0.717, 1.165) is 13.1 Å². The van der Waals surface area contributed by atoms with E-state index in [0.29, 0.717) is 25.9 Å². The van der Waals surface area contributed by atoms with Crippen LogP contribution in [-0.2, 0) is 19.6 Å². The first-order chi connectivity index (χ1) is 14.3. The summed E-state index contributed by atoms with van der Waals surface area (Å²) in [4.78, 5) is 16.6. The highest BCUT2D eigenvalue weighted by Gasteiger charge is 2.36. The van der Waals surface area contributed by atoms with Crippen LogP contribution in [0, 0.1) is 0 Å². The number of aliphatic hydroxyl groups excluding tert-OH is 1. The number of carbonyl (C=O) groups excluding carboxylic acids is 1. The SMILES string of the molecule is COc1ccccc1S(=O)(=O)N[C@@H]1CC[C@H](CC(=O)N2CCN(C)CC2)O[C@@H]1CO. The van der Waals surface area contributed by atoms with Crippen molar-refractivity contribution in [1.82, 2.24) is 14.5 Å². The number of likely N-dealkylation sites (N-methyl/N-ethyl adjacent to an activating group) is 1. The quantitative estimate of drug-likeness (QED) is 0.615. The van der Waals surface area contributed by atoms with Gasteiger partial charge in [-0.3, -0.25) is 4.79 Å². The molecule has 30 heavy (non-hydrogen) atoms. The van der Waals surface area contributed by atoms with Crippen LogP contribution in [0.25, 0.3) is 0 Å². The highest BCUT2D eigenvalue weighted by Crippen LogP contribution is 2.27. The van der Waals surface area contributed by atoms with Gasteiger partial charge in [0.25, 0.3) is 0 Å². The number of nitrogens with one attached hydrogen (secondary N) is 1. The zero-order valence-corrected chi connectivity index (χ0v) is 18.3. The summed E-state index contributed by atoms with van der Waals surface area (Å²) < 4.78 is 39.4. The van der Waals surface area contributed by atoms with Gasteiger partial charge < -0.3 is 24.4 Å². The Labute approximate surface area is 178 Å². The van der Waals surface area contributed by atoms with E-state index < -0.39 is 22.2 Å². The molecule has 3 rings (SSSR count). The molecule has 2 saturated heterocycles. The predicted molar refractivity (Wildman–Crippen MR) is 111 cm³/mol. The van der Waals surface area contributed by atoms with Gasteiger partial charge in [0, 0.05) is 26.2 Å². The minimum atomic E-state index is -3.85. The predicted octanol–water partition coefficient (Wildman–Crippen LogP) is 0.0461. The van der Waals surface area contributed by atoms with Crippen molar-refractivity contribution in [1.29, 1.82) is 0 Å². The number of hydrogen-bond acceptors (Lipinski definition) is 7. The van der Waals surface area contributed by atoms with Crippen molar-refractivity contribution in [3.8, 4) is 5.75 Å². The summed E-state index contributed by atoms with van der Waals surface area (Å²) in [5.41, 5.74) is 0. The first-order valence-corrected chi connectivity index (χ1v) is 11.7. The number of benzene rings is 1. The summed E-state index contributed by atoms with van der Waals surface area (Å²) in [6, 6.07) is 5.78. The number of sulfonamides is 1. The second-order valence-corrected chi connectivity index (χ2v) is 9.51. The first kappa shape index (κ1) is 23.0. The molecule has 0 radical (unpaired) electrons. The number of nitrogens with zero attached hydrogens (tertiary/aromatic N) is 2. The Kier molecular flexibility index (Phi) is 7.70. The van der Waals surface area contributed by atoms with Crippen LogP contribution in [0.15, 0.2) is 29.2 Å². The maximum Gasteiger partial charge on any atom is 0.244 e. The summed E-state index contributed by atoms with van der Waals surface area (Å²) in [6.45, 7) is 2.77. The van der Waals surface area contributed by atoms with E-state index >= 15 is 0 Å². The molecule has 2 fully saturated rings. The van der Waals surface area contributed by atoms with Crippen LogP contribution in [-0.4, -0.2) is 94.4 Å². The average Bonchev–Trinajstić information content (AvgIpc) is 2.75. The van der Waals surface area contributed by atoms with E-state index in [1.54, 1.807) is 18.2 Å². The van der Waals surface area contributed by atoms with Crippen molar-refractivity contribution in [2.24, 2.45) is 0 Å². The number of carbonyl (C=O) groups is 1. The van der Waals surface area contributed by atoms with Crippen LogP contribution in [0.3, 0.4) is 0 Å². The molecule has 168 valence electrons. The number of aliphatic hydroxyl groups is 1. The summed E-state index contributed by atoms with van der Waals surface area (Å²) >= 11 is 0. The third-order valence-electron chi connectivity index (χ3n) is 5.72. The van der Waals surface area contributed by atoms with Crippen LogP contribution in [0.4, 0.5) is 0 Å². The van der Waals surface area contributed by atoms with Gasteiger partial charge in [-0.1, -0.05) is 12.1 Å². The van der Waals surface area contributed by atoms with E-state index in [2.05, 4.69) is 9.62 Å². The van der Waals surface area contributed by atoms with Crippen LogP contribution in [0.2, 0.25) is 0 Å². The van der Waals surface area contributed by atoms with E-state index in [1.165, 1.54) is 13.2 Å². The van der Waals surface area contributed by atoms with Crippen molar-refractivity contribution >= 4 is 15.9 Å². The van der Waals surface area contributed by atoms with Crippen LogP contribution >= 0.6 is 0 Å². The Morgan fingerprint density at radius 3 is 2.60 bits per heavy atom. The molecule has 9 nitrogen and oxygen atoms in total. The summed E-state index contributed by atoms with van der Waals surface area (Å²) in [5, 5.41) is 9.77. The summed E-state index contributed by atoms with van der Waals surface area (Å²) in [6.07, 6.45) is 0.205. The minimum absolute atomic E-state index is 0.0385. The number of ether oxygens (including phenoxy) is 2. The topological polar surface area (TPSA) is 108 Å². The van der Waals surface area contributed by atoms with Gasteiger partial charge in [0.15, 0.2) is 0 Å². The van der Waals surface area contributed by atoms with Gasteiger partial charge in [-0.15, -0.1) is 0 Å². The fourth-order valence-corrected chi connectivity index (χ4v) is 5.37. The number of para-hydroxylation sites is 1. The van der Waals surface area contributed by atoms with Gasteiger partial charge in [0.05, 0.1) is 38.4 Å². The third kappa shape index (κ3) is 5.50. The zero-order valence-electron chi connectivity index (χ0n) is 17.5. The Bertz CT molecular complexity index is 826. The largest absolute Gasteiger partial charge is 0.495 e. The molecule has 2 aliphatic rings. The molecule has 0 spiro atoms. The van der Waals surface area contributed by atoms with Crippen molar-refractivity contribution in [2.75, 3.05) is 46.9 Å². The van der Waals surface area contributed by atoms with E-state index in [9.17, 15) is 18.3 Å². The molecule has 1 aromatic carbocycles. The summed E-state index contributed by atoms with van der Waals surface area (Å²) in [5.74, 6) is 0.288. The zero-order chi connectivity index (χ0) is 21.7. The smallest absolute Gasteiger partial charge is 0.244 e. The van der Waals surface area contributed by atoms with Gasteiger partial charge in [0.2, 0.25) is 15.9 Å². The molecule has 0 saturated carbocycles. The molecular formula is C20H31N3O6S. The maximum atomic E-state index is 12.8. The normalized spacial score (nSPS) is 25.8. The molecule has 1 amide bonds. The Morgan fingerprint density at radius 2 is 1.93 bits per heavy atom. The lowest BCUT2D eigenvalue weighted by molar-refractivity contribution is -0.141. The van der Waals surface area contributed by atoms with Crippen LogP contribution in [0.5, 0.6) is 5.75 Å². The fraction of sp³-hybridized carbons (Fsp3) is 0.650. The minimum Gasteiger partial charge on any atom is -0.495 e. The summed E-state index contributed by atoms with van der Waals surface area (Å²) in [7, 11) is -0.409. The number of rotatable bonds is 7. The van der Waals surface area contributed by atoms with Crippen molar-refractivity contribution < 1.29 is 27.8 Å². The molecule has 0 aromatic heterocycles. The van der Waals surface area contributed by atoms with Gasteiger partial charge in [-0.2, -0.15) is 0 Å². The highest BCUT2D eigenvalue weighted by atomic mass is 32.2. The molecule has 0 unspecified atom stereocenters. The van der Waals surface area contributed by atoms with Crippen LogP contribution < -0.4 is 9.46 Å². The molecule has 0 aliphatic carbocycles. The van der Waals surface area contributed by atoms with E-state index in [-0.39, 0.29) is 35.7 Å². The van der Waals surface area contributed by atoms with Gasteiger partial charge >= 0.3 is 0 Å². The third-order valence-corrected chi connectivity index (χ3v) is 7.25. The maximum absolute atomic E-state index is 12.8. The van der Waals surface area contributed by atoms with Crippen molar-refractivity contribution in [2.45, 2.75) is 42.4 Å². The average molecular weight is 442 g/mol. The molecule has 10 heteroatoms. The second kappa shape index (κ2) is 10.1. The monoisotopic (exact) mass is 441 g/mol. The lowest BCUT2D eigenvalue weighted by atomic mass is 9.97. The molecule has 1 aromatic rings. The first-order valence-electron chi connectivity index (χ1n) is 10.2. The Morgan fingerprint density at radius 1 is 1.23 bits per heavy atom. The number of methoxy groups -OCH3 is 1. The van der Waals surface area contributed by atoms with Gasteiger partial charge in [0.1, 0.15) is 10.6 Å². The molecule has 2 aliphatic heterocycles. The number of hydrogen-bond donors (Lipinski definition) is 2. The molecule has 2 heterocycles. The van der Waals surface area contributed by atoms with E-state index in [4.69, 9.17) is 9.47 Å². The molecule has 3 atom stereocenters. The fourth-order valence-electron chi connectivity index (χ4n) is 3.90. The van der Waals surface area contributed by atoms with Crippen molar-refractivity contribution in [3.63, 3.8) is 0 Å². The second-order valence-electron chi connectivity index (χ2n) is 7.82. The highest BCUT2D eigenvalue weighted by molar-refractivity contribution is 7.89. The van der Waals surface area contributed by atoms with Gasteiger partial charge in [-0.25, -0.2) is 13.1 Å². The molecule has 0 bridgehead atoms. The molecular weight excluding hydrogens is 410 g/mol. The molecule has 2 N–H and O–H groups in total. The van der Waals surface area contributed by atoms with Gasteiger partial charge in [-0.05, 0) is 32.0 Å². The number of amides is 1. The Balaban J connectivity index is 1.60.